The molecule has 0 radical (unpaired) electrons. The summed E-state index contributed by atoms with van der Waals surface area (Å²) >= 11 is 0. The topological polar surface area (TPSA) is 35.6 Å². The van der Waals surface area contributed by atoms with Crippen LogP contribution >= 0.6 is 0 Å². The maximum Gasteiger partial charge on any atom is 0.236 e. The normalized spacial score (nSPS) is 14.6. The van der Waals surface area contributed by atoms with Crippen molar-refractivity contribution in [2.24, 2.45) is 0 Å². The van der Waals surface area contributed by atoms with E-state index in [2.05, 4.69) is 10.2 Å². The summed E-state index contributed by atoms with van der Waals surface area (Å²) in [6.45, 7) is 3.54. The zero-order valence-electron chi connectivity index (χ0n) is 13.9. The van der Waals surface area contributed by atoms with Crippen LogP contribution in [0.4, 0.5) is 14.5 Å². The van der Waals surface area contributed by atoms with E-state index in [0.717, 1.165) is 24.3 Å². The van der Waals surface area contributed by atoms with E-state index in [1.54, 1.807) is 24.3 Å². The molecular weight excluding hydrogens is 324 g/mol. The van der Waals surface area contributed by atoms with Crippen molar-refractivity contribution in [3.05, 3.63) is 65.7 Å². The highest BCUT2D eigenvalue weighted by molar-refractivity contribution is 5.78. The fraction of sp³-hybridized carbons (Fsp3) is 0.316. The van der Waals surface area contributed by atoms with Gasteiger partial charge in [0.25, 0.3) is 0 Å². The summed E-state index contributed by atoms with van der Waals surface area (Å²) in [6, 6.07) is 12.6. The number of anilines is 1. The van der Waals surface area contributed by atoms with Crippen molar-refractivity contribution in [2.45, 2.75) is 6.54 Å². The Morgan fingerprint density at radius 3 is 2.04 bits per heavy atom. The summed E-state index contributed by atoms with van der Waals surface area (Å²) in [5.41, 5.74) is 1.92. The first-order valence-electron chi connectivity index (χ1n) is 8.35. The fourth-order valence-corrected chi connectivity index (χ4v) is 2.89. The summed E-state index contributed by atoms with van der Waals surface area (Å²) in [4.78, 5) is 16.2. The average Bonchev–Trinajstić information content (AvgIpc) is 2.64. The second-order valence-electron chi connectivity index (χ2n) is 6.07. The molecule has 3 rings (SSSR count). The van der Waals surface area contributed by atoms with Crippen LogP contribution in [0.5, 0.6) is 0 Å². The summed E-state index contributed by atoms with van der Waals surface area (Å²) in [5, 5.41) is 3.10. The highest BCUT2D eigenvalue weighted by atomic mass is 19.1. The summed E-state index contributed by atoms with van der Waals surface area (Å²) in [6.07, 6.45) is 0. The third kappa shape index (κ3) is 4.76. The molecule has 25 heavy (non-hydrogen) atoms. The van der Waals surface area contributed by atoms with Gasteiger partial charge in [0.15, 0.2) is 0 Å². The first-order chi connectivity index (χ1) is 12.1. The zero-order valence-corrected chi connectivity index (χ0v) is 13.9. The Hall–Kier alpha value is -2.47. The number of piperazine rings is 1. The minimum atomic E-state index is -0.265. The SMILES string of the molecule is O=C(CNCc1ccc(F)cc1)N1CCN(c2ccc(F)cc2)CC1. The van der Waals surface area contributed by atoms with Crippen molar-refractivity contribution in [1.82, 2.24) is 10.2 Å². The third-order valence-corrected chi connectivity index (χ3v) is 4.34. The van der Waals surface area contributed by atoms with E-state index in [-0.39, 0.29) is 24.1 Å². The predicted molar refractivity (Wildman–Crippen MR) is 93.3 cm³/mol. The minimum Gasteiger partial charge on any atom is -0.368 e. The highest BCUT2D eigenvalue weighted by Crippen LogP contribution is 2.16. The van der Waals surface area contributed by atoms with Crippen LogP contribution < -0.4 is 10.2 Å². The minimum absolute atomic E-state index is 0.0564. The molecule has 132 valence electrons. The van der Waals surface area contributed by atoms with Crippen molar-refractivity contribution >= 4 is 11.6 Å². The number of carbonyl (C=O) groups is 1. The van der Waals surface area contributed by atoms with Crippen molar-refractivity contribution in [2.75, 3.05) is 37.6 Å². The molecule has 2 aromatic rings. The van der Waals surface area contributed by atoms with Gasteiger partial charge in [0, 0.05) is 38.4 Å². The number of benzene rings is 2. The molecular formula is C19H21F2N3O. The summed E-state index contributed by atoms with van der Waals surface area (Å²) in [7, 11) is 0. The van der Waals surface area contributed by atoms with E-state index in [1.165, 1.54) is 24.3 Å². The Morgan fingerprint density at radius 1 is 0.880 bits per heavy atom. The molecule has 6 heteroatoms. The van der Waals surface area contributed by atoms with Crippen molar-refractivity contribution in [1.29, 1.82) is 0 Å². The lowest BCUT2D eigenvalue weighted by molar-refractivity contribution is -0.130. The lowest BCUT2D eigenvalue weighted by Gasteiger charge is -2.36. The number of hydrogen-bond donors (Lipinski definition) is 1. The Morgan fingerprint density at radius 2 is 1.44 bits per heavy atom. The van der Waals surface area contributed by atoms with Crippen LogP contribution in [0.2, 0.25) is 0 Å². The van der Waals surface area contributed by atoms with Crippen LogP contribution in [0.1, 0.15) is 5.56 Å². The number of amides is 1. The smallest absolute Gasteiger partial charge is 0.236 e. The van der Waals surface area contributed by atoms with Gasteiger partial charge in [0.1, 0.15) is 11.6 Å². The lowest BCUT2D eigenvalue weighted by atomic mass is 10.2. The molecule has 1 fully saturated rings. The van der Waals surface area contributed by atoms with Gasteiger partial charge in [-0.3, -0.25) is 4.79 Å². The number of carbonyl (C=O) groups excluding carboxylic acids is 1. The van der Waals surface area contributed by atoms with Gasteiger partial charge in [0.05, 0.1) is 6.54 Å². The quantitative estimate of drug-likeness (QED) is 0.904. The molecule has 0 bridgehead atoms. The molecule has 0 aliphatic carbocycles. The Labute approximate surface area is 146 Å². The lowest BCUT2D eigenvalue weighted by Crippen LogP contribution is -2.50. The molecule has 0 saturated carbocycles. The van der Waals surface area contributed by atoms with Crippen LogP contribution in [0, 0.1) is 11.6 Å². The molecule has 1 aliphatic heterocycles. The largest absolute Gasteiger partial charge is 0.368 e. The molecule has 1 amide bonds. The van der Waals surface area contributed by atoms with Gasteiger partial charge in [-0.2, -0.15) is 0 Å². The standard InChI is InChI=1S/C19H21F2N3O/c20-16-3-1-15(2-4-16)13-22-14-19(25)24-11-9-23(10-12-24)18-7-5-17(21)6-8-18/h1-8,22H,9-14H2. The van der Waals surface area contributed by atoms with E-state index >= 15 is 0 Å². The number of nitrogens with one attached hydrogen (secondary N) is 1. The van der Waals surface area contributed by atoms with Gasteiger partial charge in [-0.1, -0.05) is 12.1 Å². The fourth-order valence-electron chi connectivity index (χ4n) is 2.89. The molecule has 1 aliphatic rings. The molecule has 0 atom stereocenters. The van der Waals surface area contributed by atoms with Crippen LogP contribution in [0.25, 0.3) is 0 Å². The van der Waals surface area contributed by atoms with Gasteiger partial charge in [-0.05, 0) is 42.0 Å². The number of rotatable bonds is 5. The van der Waals surface area contributed by atoms with E-state index < -0.39 is 0 Å². The van der Waals surface area contributed by atoms with Crippen LogP contribution in [0.15, 0.2) is 48.5 Å². The maximum absolute atomic E-state index is 13.0. The van der Waals surface area contributed by atoms with Crippen molar-refractivity contribution in [3.63, 3.8) is 0 Å². The van der Waals surface area contributed by atoms with E-state index in [4.69, 9.17) is 0 Å². The molecule has 4 nitrogen and oxygen atoms in total. The first kappa shape index (κ1) is 17.4. The van der Waals surface area contributed by atoms with Crippen molar-refractivity contribution < 1.29 is 13.6 Å². The summed E-state index contributed by atoms with van der Waals surface area (Å²) in [5.74, 6) is -0.454. The molecule has 0 unspecified atom stereocenters. The van der Waals surface area contributed by atoms with Gasteiger partial charge >= 0.3 is 0 Å². The van der Waals surface area contributed by atoms with Gasteiger partial charge in [0.2, 0.25) is 5.91 Å². The highest BCUT2D eigenvalue weighted by Gasteiger charge is 2.20. The molecule has 2 aromatic carbocycles. The molecule has 0 aromatic heterocycles. The number of nitrogens with zero attached hydrogens (tertiary/aromatic N) is 2. The van der Waals surface area contributed by atoms with Crippen LogP contribution in [-0.4, -0.2) is 43.5 Å². The molecule has 1 saturated heterocycles. The summed E-state index contributed by atoms with van der Waals surface area (Å²) < 4.78 is 25.8. The second-order valence-corrected chi connectivity index (χ2v) is 6.07. The maximum atomic E-state index is 13.0. The Bertz CT molecular complexity index is 696. The molecule has 0 spiro atoms. The molecule has 1 N–H and O–H groups in total. The number of halogens is 2. The average molecular weight is 345 g/mol. The van der Waals surface area contributed by atoms with E-state index in [9.17, 15) is 13.6 Å². The Balaban J connectivity index is 1.42. The number of hydrogen-bond acceptors (Lipinski definition) is 3. The monoisotopic (exact) mass is 345 g/mol. The Kier molecular flexibility index (Phi) is 5.60. The van der Waals surface area contributed by atoms with Crippen molar-refractivity contribution in [3.8, 4) is 0 Å². The molecule has 1 heterocycles. The van der Waals surface area contributed by atoms with E-state index in [0.29, 0.717) is 19.6 Å². The zero-order chi connectivity index (χ0) is 17.6. The van der Waals surface area contributed by atoms with E-state index in [1.807, 2.05) is 4.90 Å². The third-order valence-electron chi connectivity index (χ3n) is 4.34. The van der Waals surface area contributed by atoms with Gasteiger partial charge < -0.3 is 15.1 Å². The second kappa shape index (κ2) is 8.07. The van der Waals surface area contributed by atoms with Gasteiger partial charge in [-0.25, -0.2) is 8.78 Å². The predicted octanol–water partition coefficient (Wildman–Crippen LogP) is 2.40. The van der Waals surface area contributed by atoms with Gasteiger partial charge in [-0.15, -0.1) is 0 Å². The first-order valence-corrected chi connectivity index (χ1v) is 8.35. The van der Waals surface area contributed by atoms with Crippen LogP contribution in [0.3, 0.4) is 0 Å². The van der Waals surface area contributed by atoms with Crippen LogP contribution in [-0.2, 0) is 11.3 Å².